The number of phenols is 1. The van der Waals surface area contributed by atoms with Crippen LogP contribution in [0.4, 0.5) is 0 Å². The molecule has 1 aromatic carbocycles. The van der Waals surface area contributed by atoms with Crippen LogP contribution in [0, 0.1) is 0 Å². The lowest BCUT2D eigenvalue weighted by Gasteiger charge is -2.22. The number of aromatic hydroxyl groups is 1. The quantitative estimate of drug-likeness (QED) is 0.726. The van der Waals surface area contributed by atoms with Gasteiger partial charge in [0, 0.05) is 12.6 Å². The molecule has 0 radical (unpaired) electrons. The normalized spacial score (nSPS) is 18.4. The van der Waals surface area contributed by atoms with Crippen molar-refractivity contribution in [3.8, 4) is 5.75 Å². The first-order valence-corrected chi connectivity index (χ1v) is 7.61. The van der Waals surface area contributed by atoms with Gasteiger partial charge in [-0.3, -0.25) is 4.79 Å². The lowest BCUT2D eigenvalue weighted by Crippen LogP contribution is -2.48. The number of likely N-dealkylation sites (tertiary alicyclic amines) is 1. The Morgan fingerprint density at radius 3 is 2.57 bits per heavy atom. The van der Waals surface area contributed by atoms with E-state index in [1.165, 1.54) is 12.8 Å². The second-order valence-electron chi connectivity index (χ2n) is 5.89. The summed E-state index contributed by atoms with van der Waals surface area (Å²) in [6.45, 7) is 5.15. The van der Waals surface area contributed by atoms with Gasteiger partial charge in [-0.15, -0.1) is 0 Å². The van der Waals surface area contributed by atoms with Crippen LogP contribution >= 0.6 is 0 Å². The van der Waals surface area contributed by atoms with Crippen molar-refractivity contribution in [2.75, 3.05) is 19.6 Å². The molecule has 1 amide bonds. The Morgan fingerprint density at radius 2 is 1.95 bits per heavy atom. The number of hydrogen-bond donors (Lipinski definition) is 3. The lowest BCUT2D eigenvalue weighted by molar-refractivity contribution is -0.123. The van der Waals surface area contributed by atoms with Gasteiger partial charge < -0.3 is 21.1 Å². The molecule has 1 fully saturated rings. The highest BCUT2D eigenvalue weighted by molar-refractivity contribution is 5.82. The molecule has 1 aromatic rings. The van der Waals surface area contributed by atoms with Crippen LogP contribution < -0.4 is 11.1 Å². The monoisotopic (exact) mass is 291 g/mol. The van der Waals surface area contributed by atoms with Crippen molar-refractivity contribution < 1.29 is 9.90 Å². The maximum absolute atomic E-state index is 12.1. The van der Waals surface area contributed by atoms with Crippen molar-refractivity contribution in [1.29, 1.82) is 0 Å². The van der Waals surface area contributed by atoms with Crippen LogP contribution in [-0.2, 0) is 11.2 Å². The number of carbonyl (C=O) groups is 1. The first-order chi connectivity index (χ1) is 10.0. The van der Waals surface area contributed by atoms with Gasteiger partial charge in [-0.2, -0.15) is 0 Å². The van der Waals surface area contributed by atoms with E-state index in [0.717, 1.165) is 25.2 Å². The van der Waals surface area contributed by atoms with Gasteiger partial charge >= 0.3 is 0 Å². The summed E-state index contributed by atoms with van der Waals surface area (Å²) >= 11 is 0. The minimum atomic E-state index is -0.560. The van der Waals surface area contributed by atoms with E-state index in [1.54, 1.807) is 24.3 Å². The van der Waals surface area contributed by atoms with E-state index < -0.39 is 6.04 Å². The molecule has 116 valence electrons. The van der Waals surface area contributed by atoms with Crippen molar-refractivity contribution in [2.24, 2.45) is 5.73 Å². The SMILES string of the molecule is CC(CN1CCCC1)NC(=O)C(N)Cc1ccc(O)cc1. The number of nitrogens with zero attached hydrogens (tertiary/aromatic N) is 1. The van der Waals surface area contributed by atoms with E-state index in [0.29, 0.717) is 6.42 Å². The smallest absolute Gasteiger partial charge is 0.237 e. The van der Waals surface area contributed by atoms with Crippen LogP contribution in [-0.4, -0.2) is 47.6 Å². The molecule has 2 unspecified atom stereocenters. The van der Waals surface area contributed by atoms with Crippen LogP contribution in [0.2, 0.25) is 0 Å². The molecule has 0 saturated carbocycles. The Hall–Kier alpha value is -1.59. The van der Waals surface area contributed by atoms with Crippen LogP contribution in [0.25, 0.3) is 0 Å². The average molecular weight is 291 g/mol. The molecule has 0 spiro atoms. The van der Waals surface area contributed by atoms with E-state index in [-0.39, 0.29) is 17.7 Å². The molecule has 1 aliphatic rings. The number of carbonyl (C=O) groups excluding carboxylic acids is 1. The number of nitrogens with two attached hydrogens (primary N) is 1. The number of hydrogen-bond acceptors (Lipinski definition) is 4. The fraction of sp³-hybridized carbons (Fsp3) is 0.562. The highest BCUT2D eigenvalue weighted by Gasteiger charge is 2.19. The molecule has 0 aromatic heterocycles. The molecular formula is C16H25N3O2. The summed E-state index contributed by atoms with van der Waals surface area (Å²) in [5, 5.41) is 12.2. The molecule has 0 aliphatic carbocycles. The summed E-state index contributed by atoms with van der Waals surface area (Å²) in [5.74, 6) is 0.103. The van der Waals surface area contributed by atoms with E-state index in [2.05, 4.69) is 10.2 Å². The Kier molecular flexibility index (Phi) is 5.59. The summed E-state index contributed by atoms with van der Waals surface area (Å²) in [6, 6.07) is 6.34. The van der Waals surface area contributed by atoms with E-state index >= 15 is 0 Å². The first-order valence-electron chi connectivity index (χ1n) is 7.61. The Balaban J connectivity index is 1.77. The Bertz CT molecular complexity index is 455. The lowest BCUT2D eigenvalue weighted by atomic mass is 10.1. The summed E-state index contributed by atoms with van der Waals surface area (Å²) in [4.78, 5) is 14.5. The highest BCUT2D eigenvalue weighted by Crippen LogP contribution is 2.11. The number of phenolic OH excluding ortho intramolecular Hbond substituents is 1. The standard InChI is InChI=1S/C16H25N3O2/c1-12(11-19-8-2-3-9-19)18-16(21)15(17)10-13-4-6-14(20)7-5-13/h4-7,12,15,20H,2-3,8-11,17H2,1H3,(H,18,21). The zero-order valence-electron chi connectivity index (χ0n) is 12.6. The van der Waals surface area contributed by atoms with Crippen molar-refractivity contribution in [3.63, 3.8) is 0 Å². The molecular weight excluding hydrogens is 266 g/mol. The topological polar surface area (TPSA) is 78.6 Å². The largest absolute Gasteiger partial charge is 0.508 e. The number of nitrogens with one attached hydrogen (secondary N) is 1. The van der Waals surface area contributed by atoms with Crippen molar-refractivity contribution in [2.45, 2.75) is 38.3 Å². The molecule has 2 rings (SSSR count). The molecule has 2 atom stereocenters. The van der Waals surface area contributed by atoms with Crippen LogP contribution in [0.3, 0.4) is 0 Å². The molecule has 21 heavy (non-hydrogen) atoms. The van der Waals surface area contributed by atoms with Gasteiger partial charge in [-0.05, 0) is 57.0 Å². The zero-order valence-corrected chi connectivity index (χ0v) is 12.6. The fourth-order valence-electron chi connectivity index (χ4n) is 2.73. The molecule has 5 nitrogen and oxygen atoms in total. The summed E-state index contributed by atoms with van der Waals surface area (Å²) in [6.07, 6.45) is 2.98. The molecule has 1 aliphatic heterocycles. The fourth-order valence-corrected chi connectivity index (χ4v) is 2.73. The van der Waals surface area contributed by atoms with Crippen molar-refractivity contribution in [3.05, 3.63) is 29.8 Å². The number of benzene rings is 1. The van der Waals surface area contributed by atoms with Gasteiger partial charge in [0.05, 0.1) is 6.04 Å². The van der Waals surface area contributed by atoms with E-state index in [9.17, 15) is 9.90 Å². The third-order valence-electron chi connectivity index (χ3n) is 3.85. The van der Waals surface area contributed by atoms with Gasteiger partial charge in [-0.1, -0.05) is 12.1 Å². The van der Waals surface area contributed by atoms with Gasteiger partial charge in [0.2, 0.25) is 5.91 Å². The van der Waals surface area contributed by atoms with E-state index in [4.69, 9.17) is 5.73 Å². The van der Waals surface area contributed by atoms with Crippen molar-refractivity contribution in [1.82, 2.24) is 10.2 Å². The number of amides is 1. The second kappa shape index (κ2) is 7.43. The van der Waals surface area contributed by atoms with Crippen LogP contribution in [0.1, 0.15) is 25.3 Å². The predicted octanol–water partition coefficient (Wildman–Crippen LogP) is 0.863. The maximum Gasteiger partial charge on any atom is 0.237 e. The summed E-state index contributed by atoms with van der Waals surface area (Å²) in [7, 11) is 0. The number of rotatable bonds is 6. The van der Waals surface area contributed by atoms with Gasteiger partial charge in [-0.25, -0.2) is 0 Å². The summed E-state index contributed by atoms with van der Waals surface area (Å²) in [5.41, 5.74) is 6.90. The molecule has 1 saturated heterocycles. The average Bonchev–Trinajstić information content (AvgIpc) is 2.94. The van der Waals surface area contributed by atoms with Crippen LogP contribution in [0.15, 0.2) is 24.3 Å². The van der Waals surface area contributed by atoms with Gasteiger partial charge in [0.1, 0.15) is 5.75 Å². The molecule has 4 N–H and O–H groups in total. The van der Waals surface area contributed by atoms with Gasteiger partial charge in [0.15, 0.2) is 0 Å². The third-order valence-corrected chi connectivity index (χ3v) is 3.85. The van der Waals surface area contributed by atoms with Gasteiger partial charge in [0.25, 0.3) is 0 Å². The third kappa shape index (κ3) is 5.02. The maximum atomic E-state index is 12.1. The minimum Gasteiger partial charge on any atom is -0.508 e. The second-order valence-corrected chi connectivity index (χ2v) is 5.89. The van der Waals surface area contributed by atoms with Crippen LogP contribution in [0.5, 0.6) is 5.75 Å². The molecule has 0 bridgehead atoms. The Morgan fingerprint density at radius 1 is 1.33 bits per heavy atom. The molecule has 1 heterocycles. The van der Waals surface area contributed by atoms with E-state index in [1.807, 2.05) is 6.92 Å². The summed E-state index contributed by atoms with van der Waals surface area (Å²) < 4.78 is 0. The minimum absolute atomic E-state index is 0.112. The first kappa shape index (κ1) is 15.8. The highest BCUT2D eigenvalue weighted by atomic mass is 16.3. The Labute approximate surface area is 126 Å². The zero-order chi connectivity index (χ0) is 15.2. The van der Waals surface area contributed by atoms with Crippen molar-refractivity contribution >= 4 is 5.91 Å². The molecule has 5 heteroatoms. The predicted molar refractivity (Wildman–Crippen MR) is 83.1 cm³/mol.